The van der Waals surface area contributed by atoms with Gasteiger partial charge in [0.2, 0.25) is 0 Å². The van der Waals surface area contributed by atoms with Gasteiger partial charge < -0.3 is 5.11 Å². The van der Waals surface area contributed by atoms with Crippen LogP contribution >= 0.6 is 0 Å². The summed E-state index contributed by atoms with van der Waals surface area (Å²) in [5, 5.41) is 21.9. The van der Waals surface area contributed by atoms with E-state index in [1.165, 1.54) is 0 Å². The Balaban J connectivity index is 2.31. The summed E-state index contributed by atoms with van der Waals surface area (Å²) in [4.78, 5) is 10.5. The van der Waals surface area contributed by atoms with Crippen molar-refractivity contribution in [2.45, 2.75) is 6.42 Å². The first kappa shape index (κ1) is 9.32. The van der Waals surface area contributed by atoms with Crippen LogP contribution in [-0.4, -0.2) is 31.7 Å². The number of H-pyrrole nitrogens is 1. The molecular formula is C9H8N4O2. The van der Waals surface area contributed by atoms with E-state index in [1.54, 1.807) is 18.2 Å². The first-order valence-corrected chi connectivity index (χ1v) is 4.30. The third-order valence-corrected chi connectivity index (χ3v) is 1.90. The average Bonchev–Trinajstić information content (AvgIpc) is 2.69. The number of nitrogens with one attached hydrogen (secondary N) is 1. The molecule has 0 saturated carbocycles. The number of nitrogens with zero attached hydrogens (tertiary/aromatic N) is 3. The van der Waals surface area contributed by atoms with Crippen LogP contribution in [0, 0.1) is 0 Å². The Bertz CT molecular complexity index is 467. The van der Waals surface area contributed by atoms with Crippen molar-refractivity contribution in [2.75, 3.05) is 0 Å². The van der Waals surface area contributed by atoms with Crippen molar-refractivity contribution in [1.29, 1.82) is 0 Å². The third-order valence-electron chi connectivity index (χ3n) is 1.90. The fourth-order valence-electron chi connectivity index (χ4n) is 1.28. The molecule has 0 aliphatic rings. The number of tetrazole rings is 1. The smallest absolute Gasteiger partial charge is 0.307 e. The minimum atomic E-state index is -0.858. The van der Waals surface area contributed by atoms with E-state index in [4.69, 9.17) is 5.11 Å². The number of carboxylic acids is 1. The molecular weight excluding hydrogens is 196 g/mol. The highest BCUT2D eigenvalue weighted by Crippen LogP contribution is 2.15. The molecule has 0 aliphatic carbocycles. The van der Waals surface area contributed by atoms with Gasteiger partial charge in [-0.25, -0.2) is 5.10 Å². The van der Waals surface area contributed by atoms with Crippen LogP contribution in [0.1, 0.15) is 5.56 Å². The SMILES string of the molecule is O=C(O)Cc1cccc(-c2nnn[nH]2)c1. The van der Waals surface area contributed by atoms with Crippen molar-refractivity contribution in [2.24, 2.45) is 0 Å². The van der Waals surface area contributed by atoms with Gasteiger partial charge in [-0.05, 0) is 22.1 Å². The maximum atomic E-state index is 10.5. The molecule has 0 bridgehead atoms. The highest BCUT2D eigenvalue weighted by molar-refractivity contribution is 5.71. The highest BCUT2D eigenvalue weighted by atomic mass is 16.4. The molecule has 0 aliphatic heterocycles. The zero-order valence-electron chi connectivity index (χ0n) is 7.71. The van der Waals surface area contributed by atoms with Gasteiger partial charge in [0.15, 0.2) is 5.82 Å². The second kappa shape index (κ2) is 3.87. The van der Waals surface area contributed by atoms with Crippen molar-refractivity contribution in [3.63, 3.8) is 0 Å². The molecule has 6 heteroatoms. The fourth-order valence-corrected chi connectivity index (χ4v) is 1.28. The summed E-state index contributed by atoms with van der Waals surface area (Å²) < 4.78 is 0. The molecule has 0 unspecified atom stereocenters. The van der Waals surface area contributed by atoms with Gasteiger partial charge in [-0.1, -0.05) is 18.2 Å². The second-order valence-electron chi connectivity index (χ2n) is 3.02. The molecule has 1 aromatic heterocycles. The van der Waals surface area contributed by atoms with E-state index in [9.17, 15) is 4.79 Å². The molecule has 2 rings (SSSR count). The lowest BCUT2D eigenvalue weighted by Crippen LogP contribution is -1.99. The van der Waals surface area contributed by atoms with Crippen LogP contribution < -0.4 is 0 Å². The molecule has 1 aromatic carbocycles. The molecule has 0 fully saturated rings. The number of aromatic amines is 1. The molecule has 1 heterocycles. The summed E-state index contributed by atoms with van der Waals surface area (Å²) in [7, 11) is 0. The second-order valence-corrected chi connectivity index (χ2v) is 3.02. The number of aromatic nitrogens is 4. The van der Waals surface area contributed by atoms with Crippen molar-refractivity contribution in [1.82, 2.24) is 20.6 Å². The maximum absolute atomic E-state index is 10.5. The zero-order valence-corrected chi connectivity index (χ0v) is 7.71. The number of benzene rings is 1. The molecule has 0 atom stereocenters. The van der Waals surface area contributed by atoms with E-state index in [-0.39, 0.29) is 6.42 Å². The van der Waals surface area contributed by atoms with Crippen LogP contribution in [0.4, 0.5) is 0 Å². The monoisotopic (exact) mass is 204 g/mol. The standard InChI is InChI=1S/C9H8N4O2/c14-8(15)5-6-2-1-3-7(4-6)9-10-12-13-11-9/h1-4H,5H2,(H,14,15)(H,10,11,12,13). The van der Waals surface area contributed by atoms with Gasteiger partial charge in [-0.2, -0.15) is 0 Å². The Kier molecular flexibility index (Phi) is 2.40. The van der Waals surface area contributed by atoms with Crippen LogP contribution in [0.2, 0.25) is 0 Å². The topological polar surface area (TPSA) is 91.8 Å². The number of hydrogen-bond donors (Lipinski definition) is 2. The van der Waals surface area contributed by atoms with Gasteiger partial charge in [0.1, 0.15) is 0 Å². The molecule has 6 nitrogen and oxygen atoms in total. The number of aliphatic carboxylic acids is 1. The lowest BCUT2D eigenvalue weighted by atomic mass is 10.1. The van der Waals surface area contributed by atoms with Gasteiger partial charge in [0.05, 0.1) is 6.42 Å². The fraction of sp³-hybridized carbons (Fsp3) is 0.111. The first-order valence-electron chi connectivity index (χ1n) is 4.30. The largest absolute Gasteiger partial charge is 0.481 e. The lowest BCUT2D eigenvalue weighted by molar-refractivity contribution is -0.136. The van der Waals surface area contributed by atoms with E-state index in [0.29, 0.717) is 5.82 Å². The molecule has 76 valence electrons. The number of rotatable bonds is 3. The van der Waals surface area contributed by atoms with E-state index in [0.717, 1.165) is 11.1 Å². The summed E-state index contributed by atoms with van der Waals surface area (Å²) in [6.45, 7) is 0. The summed E-state index contributed by atoms with van der Waals surface area (Å²) in [6, 6.07) is 7.08. The molecule has 0 spiro atoms. The number of hydrogen-bond acceptors (Lipinski definition) is 4. The van der Waals surface area contributed by atoms with Crippen molar-refractivity contribution in [3.05, 3.63) is 29.8 Å². The van der Waals surface area contributed by atoms with Gasteiger partial charge in [0.25, 0.3) is 0 Å². The Labute approximate surface area is 84.9 Å². The Morgan fingerprint density at radius 2 is 2.33 bits per heavy atom. The molecule has 2 aromatic rings. The van der Waals surface area contributed by atoms with E-state index in [1.807, 2.05) is 6.07 Å². The van der Waals surface area contributed by atoms with Gasteiger partial charge in [0, 0.05) is 5.56 Å². The minimum absolute atomic E-state index is 0.00456. The minimum Gasteiger partial charge on any atom is -0.481 e. The maximum Gasteiger partial charge on any atom is 0.307 e. The Morgan fingerprint density at radius 1 is 1.47 bits per heavy atom. The third kappa shape index (κ3) is 2.16. The normalized spacial score (nSPS) is 10.1. The van der Waals surface area contributed by atoms with Crippen molar-refractivity contribution in [3.8, 4) is 11.4 Å². The summed E-state index contributed by atoms with van der Waals surface area (Å²) in [6.07, 6.45) is -0.00456. The number of carboxylic acid groups (broad SMARTS) is 1. The van der Waals surface area contributed by atoms with E-state index < -0.39 is 5.97 Å². The predicted molar refractivity (Wildman–Crippen MR) is 51.0 cm³/mol. The lowest BCUT2D eigenvalue weighted by Gasteiger charge is -1.99. The Hall–Kier alpha value is -2.24. The van der Waals surface area contributed by atoms with Crippen LogP contribution in [0.25, 0.3) is 11.4 Å². The molecule has 0 amide bonds. The van der Waals surface area contributed by atoms with Crippen molar-refractivity contribution >= 4 is 5.97 Å². The van der Waals surface area contributed by atoms with Gasteiger partial charge in [-0.15, -0.1) is 5.10 Å². The van der Waals surface area contributed by atoms with Crippen LogP contribution in [-0.2, 0) is 11.2 Å². The van der Waals surface area contributed by atoms with E-state index >= 15 is 0 Å². The van der Waals surface area contributed by atoms with Crippen LogP contribution in [0.3, 0.4) is 0 Å². The van der Waals surface area contributed by atoms with Crippen molar-refractivity contribution < 1.29 is 9.90 Å². The molecule has 0 saturated heterocycles. The highest BCUT2D eigenvalue weighted by Gasteiger charge is 2.04. The van der Waals surface area contributed by atoms with Crippen LogP contribution in [0.5, 0.6) is 0 Å². The summed E-state index contributed by atoms with van der Waals surface area (Å²) in [5.74, 6) is -0.329. The van der Waals surface area contributed by atoms with Crippen LogP contribution in [0.15, 0.2) is 24.3 Å². The number of carbonyl (C=O) groups is 1. The predicted octanol–water partition coefficient (Wildman–Crippen LogP) is 0.494. The molecule has 0 radical (unpaired) electrons. The average molecular weight is 204 g/mol. The van der Waals surface area contributed by atoms with Gasteiger partial charge in [-0.3, -0.25) is 4.79 Å². The quantitative estimate of drug-likeness (QED) is 0.759. The molecule has 2 N–H and O–H groups in total. The summed E-state index contributed by atoms with van der Waals surface area (Å²) >= 11 is 0. The van der Waals surface area contributed by atoms with Gasteiger partial charge >= 0.3 is 5.97 Å². The Morgan fingerprint density at radius 3 is 3.00 bits per heavy atom. The molecule has 15 heavy (non-hydrogen) atoms. The first-order chi connectivity index (χ1) is 7.25. The summed E-state index contributed by atoms with van der Waals surface area (Å²) in [5.41, 5.74) is 1.50. The zero-order chi connectivity index (χ0) is 10.7. The van der Waals surface area contributed by atoms with E-state index in [2.05, 4.69) is 20.6 Å².